The molecular formula is C20H21FN4O5. The third-order valence-electron chi connectivity index (χ3n) is 4.85. The minimum atomic E-state index is -0.820. The number of piperazine rings is 1. The van der Waals surface area contributed by atoms with Crippen LogP contribution >= 0.6 is 0 Å². The predicted molar refractivity (Wildman–Crippen MR) is 108 cm³/mol. The molecule has 1 amide bonds. The normalized spacial score (nSPS) is 13.7. The number of esters is 1. The summed E-state index contributed by atoms with van der Waals surface area (Å²) in [5.74, 6) is -1.51. The van der Waals surface area contributed by atoms with Gasteiger partial charge in [0.15, 0.2) is 6.61 Å². The molecule has 0 aliphatic carbocycles. The van der Waals surface area contributed by atoms with Crippen LogP contribution in [0.1, 0.15) is 10.4 Å². The molecule has 0 unspecified atom stereocenters. The lowest BCUT2D eigenvalue weighted by Gasteiger charge is -2.36. The summed E-state index contributed by atoms with van der Waals surface area (Å²) in [5, 5.41) is 13.8. The van der Waals surface area contributed by atoms with Gasteiger partial charge in [0.2, 0.25) is 0 Å². The topological polar surface area (TPSA) is 105 Å². The maximum Gasteiger partial charge on any atom is 0.338 e. The van der Waals surface area contributed by atoms with Crippen molar-refractivity contribution in [1.29, 1.82) is 0 Å². The Morgan fingerprint density at radius 3 is 2.50 bits per heavy atom. The molecule has 30 heavy (non-hydrogen) atoms. The van der Waals surface area contributed by atoms with E-state index in [4.69, 9.17) is 4.74 Å². The van der Waals surface area contributed by atoms with Crippen LogP contribution in [0.25, 0.3) is 0 Å². The summed E-state index contributed by atoms with van der Waals surface area (Å²) in [4.78, 5) is 38.4. The minimum absolute atomic E-state index is 0.0159. The van der Waals surface area contributed by atoms with E-state index in [-0.39, 0.29) is 28.7 Å². The molecule has 1 N–H and O–H groups in total. The van der Waals surface area contributed by atoms with Crippen LogP contribution < -0.4 is 10.2 Å². The van der Waals surface area contributed by atoms with Gasteiger partial charge in [-0.15, -0.1) is 0 Å². The Hall–Kier alpha value is -3.69. The van der Waals surface area contributed by atoms with E-state index in [1.165, 1.54) is 30.1 Å². The number of nitro benzene ring substituents is 1. The zero-order valence-electron chi connectivity index (χ0n) is 16.3. The van der Waals surface area contributed by atoms with Gasteiger partial charge >= 0.3 is 5.97 Å². The number of amides is 1. The molecule has 0 aromatic heterocycles. The summed E-state index contributed by atoms with van der Waals surface area (Å²) in [5.41, 5.74) is 0.475. The maximum atomic E-state index is 13.9. The van der Waals surface area contributed by atoms with Gasteiger partial charge in [-0.05, 0) is 24.3 Å². The molecule has 158 valence electrons. The Morgan fingerprint density at radius 2 is 1.87 bits per heavy atom. The lowest BCUT2D eigenvalue weighted by Crippen LogP contribution is -2.50. The van der Waals surface area contributed by atoms with Crippen molar-refractivity contribution in [1.82, 2.24) is 4.90 Å². The first-order chi connectivity index (χ1) is 14.4. The molecule has 0 bridgehead atoms. The number of nitrogens with one attached hydrogen (secondary N) is 1. The van der Waals surface area contributed by atoms with Crippen LogP contribution in [0.2, 0.25) is 0 Å². The molecule has 0 spiro atoms. The fourth-order valence-corrected chi connectivity index (χ4v) is 3.23. The number of benzene rings is 2. The summed E-state index contributed by atoms with van der Waals surface area (Å²) in [6.45, 7) is 1.18. The third kappa shape index (κ3) is 4.65. The van der Waals surface area contributed by atoms with E-state index < -0.39 is 17.5 Å². The molecule has 2 aromatic rings. The molecule has 1 aliphatic rings. The third-order valence-corrected chi connectivity index (χ3v) is 4.85. The van der Waals surface area contributed by atoms with Crippen LogP contribution in [0.5, 0.6) is 0 Å². The van der Waals surface area contributed by atoms with Gasteiger partial charge in [-0.25, -0.2) is 9.18 Å². The number of para-hydroxylation sites is 1. The molecule has 0 atom stereocenters. The first kappa shape index (κ1) is 21.0. The summed E-state index contributed by atoms with van der Waals surface area (Å²) in [6.07, 6.45) is 0. The van der Waals surface area contributed by atoms with Crippen LogP contribution in [-0.4, -0.2) is 61.5 Å². The Morgan fingerprint density at radius 1 is 1.17 bits per heavy atom. The van der Waals surface area contributed by atoms with Gasteiger partial charge in [0.1, 0.15) is 11.5 Å². The minimum Gasteiger partial charge on any atom is -0.452 e. The number of carbonyl (C=O) groups is 2. The molecule has 3 rings (SSSR count). The van der Waals surface area contributed by atoms with Gasteiger partial charge < -0.3 is 19.9 Å². The second-order valence-corrected chi connectivity index (χ2v) is 6.63. The highest BCUT2D eigenvalue weighted by Gasteiger charge is 2.24. The van der Waals surface area contributed by atoms with Crippen molar-refractivity contribution in [3.05, 3.63) is 64.0 Å². The van der Waals surface area contributed by atoms with Crippen LogP contribution in [0.3, 0.4) is 0 Å². The highest BCUT2D eigenvalue weighted by atomic mass is 19.1. The van der Waals surface area contributed by atoms with Crippen molar-refractivity contribution in [3.63, 3.8) is 0 Å². The van der Waals surface area contributed by atoms with Crippen molar-refractivity contribution in [2.24, 2.45) is 0 Å². The highest BCUT2D eigenvalue weighted by molar-refractivity contribution is 5.93. The summed E-state index contributed by atoms with van der Waals surface area (Å²) >= 11 is 0. The first-order valence-electron chi connectivity index (χ1n) is 9.31. The van der Waals surface area contributed by atoms with E-state index >= 15 is 0 Å². The predicted octanol–water partition coefficient (Wildman–Crippen LogP) is 2.28. The largest absolute Gasteiger partial charge is 0.452 e. The lowest BCUT2D eigenvalue weighted by molar-refractivity contribution is -0.384. The number of hydrogen-bond acceptors (Lipinski definition) is 7. The number of ether oxygens (including phenoxy) is 1. The Bertz CT molecular complexity index is 960. The van der Waals surface area contributed by atoms with Crippen molar-refractivity contribution < 1.29 is 23.6 Å². The van der Waals surface area contributed by atoms with Crippen molar-refractivity contribution in [2.45, 2.75) is 0 Å². The van der Waals surface area contributed by atoms with E-state index in [0.717, 1.165) is 6.07 Å². The van der Waals surface area contributed by atoms with Crippen molar-refractivity contribution >= 4 is 28.9 Å². The molecule has 1 heterocycles. The zero-order valence-corrected chi connectivity index (χ0v) is 16.3. The number of halogens is 1. The molecule has 0 radical (unpaired) electrons. The quantitative estimate of drug-likeness (QED) is 0.438. The van der Waals surface area contributed by atoms with Gasteiger partial charge in [0.25, 0.3) is 11.6 Å². The average Bonchev–Trinajstić information content (AvgIpc) is 2.77. The van der Waals surface area contributed by atoms with Gasteiger partial charge in [-0.3, -0.25) is 14.9 Å². The van der Waals surface area contributed by atoms with Gasteiger partial charge in [-0.1, -0.05) is 12.1 Å². The molecule has 1 saturated heterocycles. The van der Waals surface area contributed by atoms with E-state index in [2.05, 4.69) is 5.32 Å². The molecule has 1 aliphatic heterocycles. The fourth-order valence-electron chi connectivity index (χ4n) is 3.23. The summed E-state index contributed by atoms with van der Waals surface area (Å²) in [6, 6.07) is 10.3. The van der Waals surface area contributed by atoms with E-state index in [1.54, 1.807) is 18.2 Å². The number of rotatable bonds is 6. The van der Waals surface area contributed by atoms with Crippen LogP contribution in [0.4, 0.5) is 21.5 Å². The molecule has 0 saturated carbocycles. The van der Waals surface area contributed by atoms with Gasteiger partial charge in [0, 0.05) is 39.3 Å². The average molecular weight is 416 g/mol. The van der Waals surface area contributed by atoms with Crippen LogP contribution in [-0.2, 0) is 9.53 Å². The number of nitro groups is 1. The molecule has 2 aromatic carbocycles. The second kappa shape index (κ2) is 9.21. The summed E-state index contributed by atoms with van der Waals surface area (Å²) in [7, 11) is 1.53. The molecular weight excluding hydrogens is 395 g/mol. The lowest BCUT2D eigenvalue weighted by atomic mass is 10.1. The smallest absolute Gasteiger partial charge is 0.338 e. The SMILES string of the molecule is CNc1ccc(C(=O)OCC(=O)N2CCN(c3ccccc3F)CC2)cc1[N+](=O)[O-]. The standard InChI is InChI=1S/C20H21FN4O5/c1-22-16-7-6-14(12-18(16)25(28)29)20(27)30-13-19(26)24-10-8-23(9-11-24)17-5-3-2-4-15(17)21/h2-7,12,22H,8-11,13H2,1H3. The first-order valence-corrected chi connectivity index (χ1v) is 9.31. The summed E-state index contributed by atoms with van der Waals surface area (Å²) < 4.78 is 18.9. The van der Waals surface area contributed by atoms with Crippen molar-refractivity contribution in [3.8, 4) is 0 Å². The number of carbonyl (C=O) groups excluding carboxylic acids is 2. The maximum absolute atomic E-state index is 13.9. The van der Waals surface area contributed by atoms with Gasteiger partial charge in [-0.2, -0.15) is 0 Å². The Labute approximate surface area is 172 Å². The Kier molecular flexibility index (Phi) is 6.45. The highest BCUT2D eigenvalue weighted by Crippen LogP contribution is 2.25. The van der Waals surface area contributed by atoms with Crippen LogP contribution in [0, 0.1) is 15.9 Å². The monoisotopic (exact) mass is 416 g/mol. The fraction of sp³-hybridized carbons (Fsp3) is 0.300. The van der Waals surface area contributed by atoms with Gasteiger partial charge in [0.05, 0.1) is 16.2 Å². The van der Waals surface area contributed by atoms with Crippen LogP contribution in [0.15, 0.2) is 42.5 Å². The number of hydrogen-bond donors (Lipinski definition) is 1. The Balaban J connectivity index is 1.54. The second-order valence-electron chi connectivity index (χ2n) is 6.63. The number of anilines is 2. The van der Waals surface area contributed by atoms with E-state index in [1.807, 2.05) is 4.90 Å². The molecule has 1 fully saturated rings. The zero-order chi connectivity index (χ0) is 21.7. The van der Waals surface area contributed by atoms with E-state index in [9.17, 15) is 24.1 Å². The van der Waals surface area contributed by atoms with E-state index in [0.29, 0.717) is 31.9 Å². The molecule has 10 heteroatoms. The van der Waals surface area contributed by atoms with Crippen molar-refractivity contribution in [2.75, 3.05) is 50.1 Å². The molecule has 9 nitrogen and oxygen atoms in total. The number of nitrogens with zero attached hydrogens (tertiary/aromatic N) is 3.